The molecule has 0 bridgehead atoms. The molecule has 0 radical (unpaired) electrons. The number of aromatic hydroxyl groups is 1. The molecule has 0 spiro atoms. The zero-order valence-electron chi connectivity index (χ0n) is 11.4. The molecule has 0 atom stereocenters. The molecular formula is C15H12ClN3O3. The standard InChI is InChI=1S/C15H12ClN3O3/c16-10-3-4-11-12(8-10)18-19(17-11)13-7-9(1-5-14(13)20)2-6-15(21)22/h1,3-5,7-8,20H,2,6H2,(H,21,22). The second-order valence-corrected chi connectivity index (χ2v) is 5.28. The predicted octanol–water partition coefficient (Wildman–Crippen LogP) is 2.80. The van der Waals surface area contributed by atoms with Crippen molar-refractivity contribution in [3.63, 3.8) is 0 Å². The maximum Gasteiger partial charge on any atom is 0.303 e. The van der Waals surface area contributed by atoms with Crippen LogP contribution >= 0.6 is 11.6 Å². The molecule has 0 saturated carbocycles. The van der Waals surface area contributed by atoms with Gasteiger partial charge in [-0.2, -0.15) is 0 Å². The summed E-state index contributed by atoms with van der Waals surface area (Å²) in [7, 11) is 0. The van der Waals surface area contributed by atoms with E-state index in [2.05, 4.69) is 10.2 Å². The first-order chi connectivity index (χ1) is 10.5. The van der Waals surface area contributed by atoms with Gasteiger partial charge in [0.25, 0.3) is 0 Å². The minimum atomic E-state index is -0.868. The van der Waals surface area contributed by atoms with E-state index in [-0.39, 0.29) is 12.2 Å². The van der Waals surface area contributed by atoms with E-state index in [0.29, 0.717) is 28.2 Å². The van der Waals surface area contributed by atoms with Crippen LogP contribution in [0.15, 0.2) is 36.4 Å². The van der Waals surface area contributed by atoms with Crippen molar-refractivity contribution in [3.8, 4) is 11.4 Å². The number of aromatic nitrogens is 3. The minimum absolute atomic E-state index is 0.0190. The van der Waals surface area contributed by atoms with Crippen LogP contribution in [0.1, 0.15) is 12.0 Å². The fraction of sp³-hybridized carbons (Fsp3) is 0.133. The van der Waals surface area contributed by atoms with Crippen molar-refractivity contribution in [2.45, 2.75) is 12.8 Å². The normalized spacial score (nSPS) is 11.0. The Balaban J connectivity index is 2.01. The molecule has 7 heteroatoms. The van der Waals surface area contributed by atoms with E-state index in [1.54, 1.807) is 30.3 Å². The van der Waals surface area contributed by atoms with Gasteiger partial charge in [0.2, 0.25) is 0 Å². The number of phenols is 1. The number of nitrogens with zero attached hydrogens (tertiary/aromatic N) is 3. The van der Waals surface area contributed by atoms with Crippen molar-refractivity contribution in [2.75, 3.05) is 0 Å². The molecule has 0 fully saturated rings. The molecule has 1 aromatic heterocycles. The quantitative estimate of drug-likeness (QED) is 0.772. The third kappa shape index (κ3) is 2.87. The summed E-state index contributed by atoms with van der Waals surface area (Å²) in [4.78, 5) is 12.0. The molecule has 22 heavy (non-hydrogen) atoms. The van der Waals surface area contributed by atoms with Gasteiger partial charge in [0.15, 0.2) is 0 Å². The number of carboxylic acids is 1. The number of benzene rings is 2. The molecule has 3 rings (SSSR count). The first kappa shape index (κ1) is 14.3. The Morgan fingerprint density at radius 1 is 1.14 bits per heavy atom. The lowest BCUT2D eigenvalue weighted by molar-refractivity contribution is -0.136. The SMILES string of the molecule is O=C(O)CCc1ccc(O)c(-n2nc3ccc(Cl)cc3n2)c1. The summed E-state index contributed by atoms with van der Waals surface area (Å²) in [5.41, 5.74) is 2.45. The minimum Gasteiger partial charge on any atom is -0.506 e. The van der Waals surface area contributed by atoms with E-state index < -0.39 is 5.97 Å². The second kappa shape index (κ2) is 5.65. The average molecular weight is 318 g/mol. The van der Waals surface area contributed by atoms with E-state index in [0.717, 1.165) is 5.56 Å². The highest BCUT2D eigenvalue weighted by Crippen LogP contribution is 2.24. The van der Waals surface area contributed by atoms with Gasteiger partial charge in [0.05, 0.1) is 0 Å². The van der Waals surface area contributed by atoms with Gasteiger partial charge < -0.3 is 10.2 Å². The number of aliphatic carboxylic acids is 1. The summed E-state index contributed by atoms with van der Waals surface area (Å²) in [6.07, 6.45) is 0.392. The van der Waals surface area contributed by atoms with Crippen LogP contribution in [0.5, 0.6) is 5.75 Å². The maximum atomic E-state index is 10.7. The van der Waals surface area contributed by atoms with E-state index in [9.17, 15) is 9.90 Å². The van der Waals surface area contributed by atoms with Crippen LogP contribution in [0.25, 0.3) is 16.7 Å². The van der Waals surface area contributed by atoms with Crippen molar-refractivity contribution >= 4 is 28.6 Å². The molecular weight excluding hydrogens is 306 g/mol. The lowest BCUT2D eigenvalue weighted by Gasteiger charge is -2.06. The van der Waals surface area contributed by atoms with Crippen molar-refractivity contribution < 1.29 is 15.0 Å². The summed E-state index contributed by atoms with van der Waals surface area (Å²) < 4.78 is 0. The highest BCUT2D eigenvalue weighted by Gasteiger charge is 2.11. The third-order valence-corrected chi connectivity index (χ3v) is 3.46. The molecule has 112 valence electrons. The van der Waals surface area contributed by atoms with Crippen molar-refractivity contribution in [3.05, 3.63) is 47.0 Å². The van der Waals surface area contributed by atoms with Gasteiger partial charge in [-0.05, 0) is 42.3 Å². The Morgan fingerprint density at radius 3 is 2.68 bits per heavy atom. The summed E-state index contributed by atoms with van der Waals surface area (Å²) in [5.74, 6) is -0.849. The van der Waals surface area contributed by atoms with Crippen molar-refractivity contribution in [1.82, 2.24) is 15.0 Å². The Bertz CT molecular complexity index is 860. The van der Waals surface area contributed by atoms with E-state index >= 15 is 0 Å². The lowest BCUT2D eigenvalue weighted by atomic mass is 10.1. The molecule has 0 aliphatic rings. The fourth-order valence-corrected chi connectivity index (χ4v) is 2.30. The molecule has 0 unspecified atom stereocenters. The van der Waals surface area contributed by atoms with Crippen molar-refractivity contribution in [1.29, 1.82) is 0 Å². The van der Waals surface area contributed by atoms with Gasteiger partial charge >= 0.3 is 5.97 Å². The average Bonchev–Trinajstić information content (AvgIpc) is 2.89. The Kier molecular flexibility index (Phi) is 3.68. The topological polar surface area (TPSA) is 88.2 Å². The highest BCUT2D eigenvalue weighted by atomic mass is 35.5. The Hall–Kier alpha value is -2.60. The fourth-order valence-electron chi connectivity index (χ4n) is 2.13. The number of halogens is 1. The number of carbonyl (C=O) groups is 1. The first-order valence-corrected chi connectivity index (χ1v) is 6.97. The Morgan fingerprint density at radius 2 is 1.91 bits per heavy atom. The number of hydrogen-bond donors (Lipinski definition) is 2. The summed E-state index contributed by atoms with van der Waals surface area (Å²) in [6.45, 7) is 0. The van der Waals surface area contributed by atoms with Gasteiger partial charge in [-0.15, -0.1) is 15.0 Å². The molecule has 0 aliphatic carbocycles. The monoisotopic (exact) mass is 317 g/mol. The zero-order chi connectivity index (χ0) is 15.7. The summed E-state index contributed by atoms with van der Waals surface area (Å²) >= 11 is 5.92. The molecule has 6 nitrogen and oxygen atoms in total. The van der Waals surface area contributed by atoms with Gasteiger partial charge in [-0.3, -0.25) is 4.79 Å². The third-order valence-electron chi connectivity index (χ3n) is 3.23. The molecule has 3 aromatic rings. The van der Waals surface area contributed by atoms with Crippen LogP contribution in [0.4, 0.5) is 0 Å². The van der Waals surface area contributed by atoms with Crippen LogP contribution in [0.3, 0.4) is 0 Å². The maximum absolute atomic E-state index is 10.7. The molecule has 1 heterocycles. The summed E-state index contributed by atoms with van der Waals surface area (Å²) in [6, 6.07) is 10.0. The van der Waals surface area contributed by atoms with E-state index in [4.69, 9.17) is 16.7 Å². The largest absolute Gasteiger partial charge is 0.506 e. The molecule has 0 saturated heterocycles. The predicted molar refractivity (Wildman–Crippen MR) is 81.5 cm³/mol. The van der Waals surface area contributed by atoms with Gasteiger partial charge in [-0.25, -0.2) is 0 Å². The lowest BCUT2D eigenvalue weighted by Crippen LogP contribution is -2.02. The van der Waals surface area contributed by atoms with Gasteiger partial charge in [-0.1, -0.05) is 17.7 Å². The van der Waals surface area contributed by atoms with Crippen molar-refractivity contribution in [2.24, 2.45) is 0 Å². The molecule has 0 amide bonds. The smallest absolute Gasteiger partial charge is 0.303 e. The van der Waals surface area contributed by atoms with Gasteiger partial charge in [0, 0.05) is 11.4 Å². The molecule has 2 N–H and O–H groups in total. The number of rotatable bonds is 4. The van der Waals surface area contributed by atoms with Crippen LogP contribution in [-0.2, 0) is 11.2 Å². The van der Waals surface area contributed by atoms with Gasteiger partial charge in [0.1, 0.15) is 22.5 Å². The number of hydrogen-bond acceptors (Lipinski definition) is 4. The van der Waals surface area contributed by atoms with E-state index in [1.807, 2.05) is 0 Å². The first-order valence-electron chi connectivity index (χ1n) is 6.59. The molecule has 0 aliphatic heterocycles. The summed E-state index contributed by atoms with van der Waals surface area (Å²) in [5, 5.41) is 27.9. The van der Waals surface area contributed by atoms with Crippen LogP contribution in [0.2, 0.25) is 5.02 Å². The highest BCUT2D eigenvalue weighted by molar-refractivity contribution is 6.31. The van der Waals surface area contributed by atoms with Crippen LogP contribution in [-0.4, -0.2) is 31.2 Å². The molecule has 2 aromatic carbocycles. The van der Waals surface area contributed by atoms with Crippen LogP contribution in [0, 0.1) is 0 Å². The second-order valence-electron chi connectivity index (χ2n) is 4.84. The van der Waals surface area contributed by atoms with E-state index in [1.165, 1.54) is 10.9 Å². The number of aryl methyl sites for hydroxylation is 1. The number of phenolic OH excluding ortho intramolecular Hbond substituents is 1. The number of fused-ring (bicyclic) bond motifs is 1. The zero-order valence-corrected chi connectivity index (χ0v) is 12.2. The number of carboxylic acid groups (broad SMARTS) is 1. The Labute approximate surface area is 130 Å². The van der Waals surface area contributed by atoms with Crippen LogP contribution < -0.4 is 0 Å².